The fourth-order valence-electron chi connectivity index (χ4n) is 3.52. The van der Waals surface area contributed by atoms with Crippen molar-refractivity contribution in [2.24, 2.45) is 4.99 Å². The van der Waals surface area contributed by atoms with E-state index in [9.17, 15) is 8.78 Å². The zero-order valence-corrected chi connectivity index (χ0v) is 15.7. The lowest BCUT2D eigenvalue weighted by molar-refractivity contribution is 0.546. The summed E-state index contributed by atoms with van der Waals surface area (Å²) in [5, 5.41) is 0. The Kier molecular flexibility index (Phi) is 4.94. The van der Waals surface area contributed by atoms with E-state index < -0.39 is 0 Å². The molecule has 3 rings (SSSR count). The topological polar surface area (TPSA) is 15.6 Å². The van der Waals surface area contributed by atoms with Gasteiger partial charge in [0.25, 0.3) is 0 Å². The molecule has 0 N–H and O–H groups in total. The Morgan fingerprint density at radius 2 is 1.81 bits per heavy atom. The van der Waals surface area contributed by atoms with Crippen LogP contribution in [0.1, 0.15) is 45.2 Å². The molecular weight excluding hydrogens is 330 g/mol. The molecule has 0 aliphatic carbocycles. The summed E-state index contributed by atoms with van der Waals surface area (Å²) in [4.78, 5) is 6.52. The van der Waals surface area contributed by atoms with Crippen LogP contribution < -0.4 is 4.90 Å². The van der Waals surface area contributed by atoms with Gasteiger partial charge in [0.15, 0.2) is 0 Å². The van der Waals surface area contributed by atoms with E-state index in [-0.39, 0.29) is 17.2 Å². The van der Waals surface area contributed by atoms with Crippen molar-refractivity contribution in [1.82, 2.24) is 0 Å². The van der Waals surface area contributed by atoms with Gasteiger partial charge >= 0.3 is 0 Å². The van der Waals surface area contributed by atoms with Crippen LogP contribution in [0.2, 0.25) is 0 Å². The predicted molar refractivity (Wildman–Crippen MR) is 105 cm³/mol. The standard InChI is InChI=1S/C22H24F2N2/c1-5-10-26-21-12-20(24)16(11-19(21)15(2)13-22(26,3)4)14-25-18-8-6-17(23)7-9-18/h6-9,11-14H,5,10H2,1-4H3. The lowest BCUT2D eigenvalue weighted by atomic mass is 9.87. The first-order valence-corrected chi connectivity index (χ1v) is 8.92. The third kappa shape index (κ3) is 3.55. The molecule has 2 aromatic carbocycles. The van der Waals surface area contributed by atoms with Gasteiger partial charge in [-0.1, -0.05) is 13.0 Å². The maximum absolute atomic E-state index is 14.7. The van der Waals surface area contributed by atoms with E-state index >= 15 is 0 Å². The molecule has 4 heteroatoms. The van der Waals surface area contributed by atoms with Crippen molar-refractivity contribution in [2.75, 3.05) is 11.4 Å². The minimum absolute atomic E-state index is 0.150. The number of benzene rings is 2. The first kappa shape index (κ1) is 18.3. The molecule has 0 amide bonds. The number of hydrogen-bond acceptors (Lipinski definition) is 2. The quantitative estimate of drug-likeness (QED) is 0.603. The van der Waals surface area contributed by atoms with E-state index in [1.54, 1.807) is 18.2 Å². The number of anilines is 1. The molecule has 0 saturated heterocycles. The highest BCUT2D eigenvalue weighted by Crippen LogP contribution is 2.40. The normalized spacial score (nSPS) is 15.9. The Morgan fingerprint density at radius 3 is 2.46 bits per heavy atom. The van der Waals surface area contributed by atoms with Crippen molar-refractivity contribution in [2.45, 2.75) is 39.7 Å². The van der Waals surface area contributed by atoms with Crippen LogP contribution in [-0.2, 0) is 0 Å². The van der Waals surface area contributed by atoms with Gasteiger partial charge in [0.2, 0.25) is 0 Å². The molecular formula is C22H24F2N2. The smallest absolute Gasteiger partial charge is 0.134 e. The van der Waals surface area contributed by atoms with Crippen LogP contribution >= 0.6 is 0 Å². The average Bonchev–Trinajstić information content (AvgIpc) is 2.58. The number of nitrogens with zero attached hydrogens (tertiary/aromatic N) is 2. The van der Waals surface area contributed by atoms with Crippen LogP contribution in [0.5, 0.6) is 0 Å². The Bertz CT molecular complexity index is 864. The first-order chi connectivity index (χ1) is 12.3. The minimum atomic E-state index is -0.316. The van der Waals surface area contributed by atoms with Crippen LogP contribution in [0.4, 0.5) is 20.2 Å². The lowest BCUT2D eigenvalue weighted by Gasteiger charge is -2.43. The fourth-order valence-corrected chi connectivity index (χ4v) is 3.52. The van der Waals surface area contributed by atoms with Crippen molar-refractivity contribution in [3.8, 4) is 0 Å². The SMILES string of the molecule is CCCN1c2cc(F)c(C=Nc3ccc(F)cc3)cc2C(C)=CC1(C)C. The molecule has 0 atom stereocenters. The second-order valence-corrected chi connectivity index (χ2v) is 7.26. The van der Waals surface area contributed by atoms with Crippen LogP contribution in [-0.4, -0.2) is 18.3 Å². The van der Waals surface area contributed by atoms with Crippen molar-refractivity contribution >= 4 is 23.2 Å². The molecule has 0 radical (unpaired) electrons. The van der Waals surface area contributed by atoms with Crippen molar-refractivity contribution < 1.29 is 8.78 Å². The van der Waals surface area contributed by atoms with Gasteiger partial charge in [0, 0.05) is 29.6 Å². The van der Waals surface area contributed by atoms with Crippen molar-refractivity contribution in [1.29, 1.82) is 0 Å². The zero-order chi connectivity index (χ0) is 18.9. The third-order valence-electron chi connectivity index (χ3n) is 4.72. The van der Waals surface area contributed by atoms with E-state index in [0.717, 1.165) is 29.8 Å². The van der Waals surface area contributed by atoms with Gasteiger partial charge in [0.1, 0.15) is 11.6 Å². The predicted octanol–water partition coefficient (Wildman–Crippen LogP) is 6.13. The number of hydrogen-bond donors (Lipinski definition) is 0. The first-order valence-electron chi connectivity index (χ1n) is 8.92. The lowest BCUT2D eigenvalue weighted by Crippen LogP contribution is -2.45. The molecule has 1 aliphatic rings. The molecule has 0 saturated carbocycles. The van der Waals surface area contributed by atoms with Crippen LogP contribution in [0.25, 0.3) is 5.57 Å². The average molecular weight is 354 g/mol. The maximum Gasteiger partial charge on any atom is 0.134 e. The van der Waals surface area contributed by atoms with Crippen LogP contribution in [0.15, 0.2) is 47.5 Å². The van der Waals surface area contributed by atoms with E-state index in [1.165, 1.54) is 18.3 Å². The zero-order valence-electron chi connectivity index (χ0n) is 15.7. The summed E-state index contributed by atoms with van der Waals surface area (Å²) < 4.78 is 27.7. The number of rotatable bonds is 4. The Labute approximate surface area is 153 Å². The molecule has 0 unspecified atom stereocenters. The molecule has 26 heavy (non-hydrogen) atoms. The molecule has 0 aromatic heterocycles. The molecule has 1 aliphatic heterocycles. The minimum Gasteiger partial charge on any atom is -0.362 e. The van der Waals surface area contributed by atoms with Crippen LogP contribution in [0, 0.1) is 11.6 Å². The summed E-state index contributed by atoms with van der Waals surface area (Å²) >= 11 is 0. The summed E-state index contributed by atoms with van der Waals surface area (Å²) in [6.45, 7) is 9.35. The molecule has 0 spiro atoms. The summed E-state index contributed by atoms with van der Waals surface area (Å²) in [7, 11) is 0. The number of fused-ring (bicyclic) bond motifs is 1. The van der Waals surface area contributed by atoms with E-state index in [4.69, 9.17) is 0 Å². The van der Waals surface area contributed by atoms with E-state index in [0.29, 0.717) is 11.3 Å². The third-order valence-corrected chi connectivity index (χ3v) is 4.72. The number of aliphatic imine (C=N–C) groups is 1. The van der Waals surface area contributed by atoms with Gasteiger partial charge in [-0.2, -0.15) is 0 Å². The number of allylic oxidation sites excluding steroid dienone is 1. The highest BCUT2D eigenvalue weighted by Gasteiger charge is 2.31. The van der Waals surface area contributed by atoms with E-state index in [2.05, 4.69) is 43.7 Å². The maximum atomic E-state index is 14.7. The van der Waals surface area contributed by atoms with E-state index in [1.807, 2.05) is 6.07 Å². The number of halogens is 2. The summed E-state index contributed by atoms with van der Waals surface area (Å²) in [6, 6.07) is 9.27. The summed E-state index contributed by atoms with van der Waals surface area (Å²) in [5.74, 6) is -0.621. The molecule has 0 bridgehead atoms. The molecule has 1 heterocycles. The van der Waals surface area contributed by atoms with Gasteiger partial charge in [-0.3, -0.25) is 4.99 Å². The molecule has 2 nitrogen and oxygen atoms in total. The van der Waals surface area contributed by atoms with Crippen molar-refractivity contribution in [3.63, 3.8) is 0 Å². The van der Waals surface area contributed by atoms with Crippen LogP contribution in [0.3, 0.4) is 0 Å². The second kappa shape index (κ2) is 7.02. The summed E-state index contributed by atoms with van der Waals surface area (Å²) in [5.41, 5.74) is 3.95. The molecule has 2 aromatic rings. The van der Waals surface area contributed by atoms with Gasteiger partial charge in [0.05, 0.1) is 11.2 Å². The van der Waals surface area contributed by atoms with Gasteiger partial charge < -0.3 is 4.90 Å². The van der Waals surface area contributed by atoms with Gasteiger partial charge in [-0.15, -0.1) is 0 Å². The Balaban J connectivity index is 2.01. The largest absolute Gasteiger partial charge is 0.362 e. The highest BCUT2D eigenvalue weighted by molar-refractivity contribution is 5.89. The van der Waals surface area contributed by atoms with Gasteiger partial charge in [-0.05, 0) is 69.2 Å². The van der Waals surface area contributed by atoms with Crippen molar-refractivity contribution in [3.05, 3.63) is 65.2 Å². The highest BCUT2D eigenvalue weighted by atomic mass is 19.1. The monoisotopic (exact) mass is 354 g/mol. The molecule has 136 valence electrons. The second-order valence-electron chi connectivity index (χ2n) is 7.26. The van der Waals surface area contributed by atoms with Gasteiger partial charge in [-0.25, -0.2) is 8.78 Å². The summed E-state index contributed by atoms with van der Waals surface area (Å²) in [6.07, 6.45) is 4.72. The Morgan fingerprint density at radius 1 is 1.12 bits per heavy atom. The Hall–Kier alpha value is -2.49. The molecule has 0 fully saturated rings. The fraction of sp³-hybridized carbons (Fsp3) is 0.318.